The number of benzene rings is 4. The molecule has 222 valence electrons. The third-order valence-electron chi connectivity index (χ3n) is 7.42. The van der Waals surface area contributed by atoms with Crippen LogP contribution in [-0.4, -0.2) is 48.9 Å². The molecule has 4 aromatic carbocycles. The van der Waals surface area contributed by atoms with Crippen molar-refractivity contribution in [3.63, 3.8) is 0 Å². The van der Waals surface area contributed by atoms with Crippen molar-refractivity contribution in [1.29, 1.82) is 0 Å². The summed E-state index contributed by atoms with van der Waals surface area (Å²) in [6.45, 7) is -0.894. The highest BCUT2D eigenvalue weighted by atomic mass is 19.1. The number of hydrogen-bond acceptors (Lipinski definition) is 7. The number of carbonyl (C=O) groups excluding carboxylic acids is 4. The highest BCUT2D eigenvalue weighted by Gasteiger charge is 2.40. The maximum atomic E-state index is 15.0. The second kappa shape index (κ2) is 11.9. The van der Waals surface area contributed by atoms with Crippen molar-refractivity contribution in [1.82, 2.24) is 4.90 Å². The fourth-order valence-electron chi connectivity index (χ4n) is 5.21. The Bertz CT molecular complexity index is 1780. The van der Waals surface area contributed by atoms with Crippen LogP contribution in [0.4, 0.5) is 15.8 Å². The molecule has 2 heterocycles. The molecule has 0 saturated carbocycles. The summed E-state index contributed by atoms with van der Waals surface area (Å²) in [6.07, 6.45) is 0. The summed E-state index contributed by atoms with van der Waals surface area (Å²) in [7, 11) is 1.52. The predicted octanol–water partition coefficient (Wildman–Crippen LogP) is 4.50. The highest BCUT2D eigenvalue weighted by Crippen LogP contribution is 2.37. The minimum Gasteiger partial charge on any atom is -0.497 e. The summed E-state index contributed by atoms with van der Waals surface area (Å²) >= 11 is 0. The lowest BCUT2D eigenvalue weighted by atomic mass is 10.0. The zero-order valence-electron chi connectivity index (χ0n) is 23.5. The fraction of sp³-hybridized carbons (Fsp3) is 0.152. The van der Waals surface area contributed by atoms with Crippen LogP contribution in [0.25, 0.3) is 0 Å². The van der Waals surface area contributed by atoms with Crippen LogP contribution in [0.3, 0.4) is 0 Å². The highest BCUT2D eigenvalue weighted by molar-refractivity contribution is 6.52. The van der Waals surface area contributed by atoms with E-state index in [-0.39, 0.29) is 30.2 Å². The van der Waals surface area contributed by atoms with E-state index in [0.29, 0.717) is 28.5 Å². The summed E-state index contributed by atoms with van der Waals surface area (Å²) in [4.78, 5) is 56.2. The molecule has 1 unspecified atom stereocenters. The lowest BCUT2D eigenvalue weighted by Crippen LogP contribution is -2.46. The van der Waals surface area contributed by atoms with Gasteiger partial charge in [-0.3, -0.25) is 24.1 Å². The van der Waals surface area contributed by atoms with Crippen molar-refractivity contribution >= 4 is 34.9 Å². The number of para-hydroxylation sites is 1. The van der Waals surface area contributed by atoms with Crippen molar-refractivity contribution in [3.05, 3.63) is 114 Å². The normalized spacial score (nSPS) is 13.8. The molecule has 10 nitrogen and oxygen atoms in total. The van der Waals surface area contributed by atoms with Gasteiger partial charge in [-0.2, -0.15) is 0 Å². The average Bonchev–Trinajstić information content (AvgIpc) is 3.60. The van der Waals surface area contributed by atoms with E-state index < -0.39 is 41.9 Å². The first-order valence-corrected chi connectivity index (χ1v) is 13.7. The molecular formula is C33H26FN3O7. The molecule has 4 aromatic rings. The standard InChI is InChI=1S/C33H26FN3O7/c1-42-23-13-11-22(12-14-23)35-32(40)30(20-10-15-27-28(16-20)44-19-43-27)37(17-21-6-2-4-8-25(21)34)29(38)18-36-26-9-5-3-7-24(26)31(39)33(36)41/h2-16,30H,17-19H2,1H3,(H,35,40). The van der Waals surface area contributed by atoms with E-state index >= 15 is 0 Å². The molecule has 0 bridgehead atoms. The molecule has 0 spiro atoms. The van der Waals surface area contributed by atoms with E-state index in [4.69, 9.17) is 14.2 Å². The number of Topliss-reactive ketones (excluding diaryl/α,β-unsaturated/α-hetero) is 1. The molecule has 1 atom stereocenters. The zero-order valence-corrected chi connectivity index (χ0v) is 23.5. The number of hydrogen-bond donors (Lipinski definition) is 1. The van der Waals surface area contributed by atoms with Gasteiger partial charge in [-0.1, -0.05) is 36.4 Å². The van der Waals surface area contributed by atoms with Gasteiger partial charge >= 0.3 is 0 Å². The third-order valence-corrected chi connectivity index (χ3v) is 7.42. The lowest BCUT2D eigenvalue weighted by Gasteiger charge is -2.33. The quantitative estimate of drug-likeness (QED) is 0.284. The number of ketones is 1. The number of halogens is 1. The number of fused-ring (bicyclic) bond motifs is 2. The van der Waals surface area contributed by atoms with E-state index in [1.807, 2.05) is 0 Å². The minimum atomic E-state index is -1.32. The van der Waals surface area contributed by atoms with E-state index in [1.165, 1.54) is 36.3 Å². The van der Waals surface area contributed by atoms with Crippen LogP contribution in [0.1, 0.15) is 27.5 Å². The van der Waals surface area contributed by atoms with Gasteiger partial charge in [0.05, 0.1) is 18.4 Å². The van der Waals surface area contributed by atoms with Crippen molar-refractivity contribution in [3.8, 4) is 17.2 Å². The van der Waals surface area contributed by atoms with Gasteiger partial charge in [-0.05, 0) is 60.2 Å². The smallest absolute Gasteiger partial charge is 0.299 e. The topological polar surface area (TPSA) is 114 Å². The first kappa shape index (κ1) is 28.4. The Morgan fingerprint density at radius 3 is 2.45 bits per heavy atom. The predicted molar refractivity (Wildman–Crippen MR) is 157 cm³/mol. The Morgan fingerprint density at radius 1 is 0.955 bits per heavy atom. The van der Waals surface area contributed by atoms with Crippen LogP contribution in [0.15, 0.2) is 91.0 Å². The Labute approximate surface area is 251 Å². The van der Waals surface area contributed by atoms with Crippen LogP contribution in [-0.2, 0) is 20.9 Å². The van der Waals surface area contributed by atoms with E-state index in [1.54, 1.807) is 66.7 Å². The van der Waals surface area contributed by atoms with Crippen molar-refractivity contribution < 1.29 is 37.8 Å². The Balaban J connectivity index is 1.41. The van der Waals surface area contributed by atoms with E-state index in [9.17, 15) is 23.6 Å². The van der Waals surface area contributed by atoms with Gasteiger partial charge in [-0.25, -0.2) is 4.39 Å². The SMILES string of the molecule is COc1ccc(NC(=O)C(c2ccc3c(c2)OCO3)N(Cc2ccccc2F)C(=O)CN2C(=O)C(=O)c3ccccc32)cc1. The fourth-order valence-corrected chi connectivity index (χ4v) is 5.21. The van der Waals surface area contributed by atoms with Crippen LogP contribution in [0.5, 0.6) is 17.2 Å². The molecule has 1 N–H and O–H groups in total. The van der Waals surface area contributed by atoms with Gasteiger partial charge in [0.25, 0.3) is 17.6 Å². The average molecular weight is 596 g/mol. The van der Waals surface area contributed by atoms with Gasteiger partial charge in [0, 0.05) is 17.8 Å². The monoisotopic (exact) mass is 595 g/mol. The van der Waals surface area contributed by atoms with E-state index in [2.05, 4.69) is 5.32 Å². The number of ether oxygens (including phenoxy) is 3. The van der Waals surface area contributed by atoms with Crippen LogP contribution < -0.4 is 24.4 Å². The first-order valence-electron chi connectivity index (χ1n) is 13.7. The maximum Gasteiger partial charge on any atom is 0.299 e. The van der Waals surface area contributed by atoms with Crippen LogP contribution >= 0.6 is 0 Å². The number of nitrogens with one attached hydrogen (secondary N) is 1. The molecule has 2 aliphatic heterocycles. The number of methoxy groups -OCH3 is 1. The minimum absolute atomic E-state index is 0.0100. The maximum absolute atomic E-state index is 15.0. The zero-order chi connectivity index (χ0) is 30.8. The summed E-state index contributed by atoms with van der Waals surface area (Å²) in [6, 6.07) is 22.4. The second-order valence-corrected chi connectivity index (χ2v) is 10.1. The van der Waals surface area contributed by atoms with Gasteiger partial charge in [0.15, 0.2) is 11.5 Å². The van der Waals surface area contributed by atoms with Crippen molar-refractivity contribution in [2.24, 2.45) is 0 Å². The number of anilines is 2. The summed E-state index contributed by atoms with van der Waals surface area (Å²) in [5, 5.41) is 2.83. The largest absolute Gasteiger partial charge is 0.497 e. The molecular weight excluding hydrogens is 569 g/mol. The Kier molecular flexibility index (Phi) is 7.67. The van der Waals surface area contributed by atoms with Crippen molar-refractivity contribution in [2.45, 2.75) is 12.6 Å². The number of nitrogens with zero attached hydrogens (tertiary/aromatic N) is 2. The molecule has 3 amide bonds. The van der Waals surface area contributed by atoms with Gasteiger partial charge in [0.1, 0.15) is 24.2 Å². The number of amides is 3. The van der Waals surface area contributed by atoms with Gasteiger partial charge in [0.2, 0.25) is 12.7 Å². The molecule has 11 heteroatoms. The molecule has 6 rings (SSSR count). The molecule has 0 saturated heterocycles. The molecule has 0 radical (unpaired) electrons. The van der Waals surface area contributed by atoms with Crippen LogP contribution in [0.2, 0.25) is 0 Å². The molecule has 44 heavy (non-hydrogen) atoms. The van der Waals surface area contributed by atoms with Crippen LogP contribution in [0, 0.1) is 5.82 Å². The second-order valence-electron chi connectivity index (χ2n) is 10.1. The number of rotatable bonds is 9. The molecule has 0 fully saturated rings. The molecule has 0 aromatic heterocycles. The molecule has 0 aliphatic carbocycles. The summed E-state index contributed by atoms with van der Waals surface area (Å²) in [5.74, 6) is -2.07. The van der Waals surface area contributed by atoms with Crippen molar-refractivity contribution in [2.75, 3.05) is 30.7 Å². The van der Waals surface area contributed by atoms with Gasteiger partial charge < -0.3 is 24.4 Å². The van der Waals surface area contributed by atoms with Gasteiger partial charge in [-0.15, -0.1) is 0 Å². The third kappa shape index (κ3) is 5.42. The Morgan fingerprint density at radius 2 is 1.68 bits per heavy atom. The summed E-state index contributed by atoms with van der Waals surface area (Å²) in [5.41, 5.74) is 1.39. The summed E-state index contributed by atoms with van der Waals surface area (Å²) < 4.78 is 31.2. The molecule has 2 aliphatic rings. The Hall–Kier alpha value is -5.71. The van der Waals surface area contributed by atoms with E-state index in [0.717, 1.165) is 4.90 Å². The number of carbonyl (C=O) groups is 4. The first-order chi connectivity index (χ1) is 21.3. The lowest BCUT2D eigenvalue weighted by molar-refractivity contribution is -0.139.